The predicted molar refractivity (Wildman–Crippen MR) is 119 cm³/mol. The highest BCUT2D eigenvalue weighted by Gasteiger charge is 2.45. The van der Waals surface area contributed by atoms with Gasteiger partial charge < -0.3 is 54.0 Å². The van der Waals surface area contributed by atoms with E-state index in [9.17, 15) is 35.4 Å². The van der Waals surface area contributed by atoms with Gasteiger partial charge in [0.2, 0.25) is 17.5 Å². The van der Waals surface area contributed by atoms with Gasteiger partial charge in [-0.15, -0.1) is 0 Å². The van der Waals surface area contributed by atoms with E-state index < -0.39 is 48.5 Å². The van der Waals surface area contributed by atoms with E-state index in [1.54, 1.807) is 0 Å². The van der Waals surface area contributed by atoms with Crippen molar-refractivity contribution in [2.75, 3.05) is 20.8 Å². The maximum Gasteiger partial charge on any atom is 0.239 e. The Kier molecular flexibility index (Phi) is 6.74. The third kappa shape index (κ3) is 4.33. The lowest BCUT2D eigenvalue weighted by molar-refractivity contribution is -0.277. The molecule has 0 spiro atoms. The molecule has 1 aliphatic heterocycles. The van der Waals surface area contributed by atoms with Gasteiger partial charge in [-0.05, 0) is 18.2 Å². The zero-order valence-electron chi connectivity index (χ0n) is 18.6. The Morgan fingerprint density at radius 3 is 2.31 bits per heavy atom. The fraction of sp³-hybridized carbons (Fsp3) is 0.348. The summed E-state index contributed by atoms with van der Waals surface area (Å²) in [6, 6.07) is 6.44. The van der Waals surface area contributed by atoms with Crippen LogP contribution >= 0.6 is 0 Å². The van der Waals surface area contributed by atoms with E-state index >= 15 is 0 Å². The number of benzene rings is 2. The smallest absolute Gasteiger partial charge is 0.239 e. The van der Waals surface area contributed by atoms with Crippen molar-refractivity contribution in [1.82, 2.24) is 0 Å². The van der Waals surface area contributed by atoms with Crippen molar-refractivity contribution < 1.29 is 54.0 Å². The molecular weight excluding hydrogens is 468 g/mol. The number of fused-ring (bicyclic) bond motifs is 1. The molecule has 5 atom stereocenters. The molecular formula is C23H24O12. The van der Waals surface area contributed by atoms with Crippen LogP contribution in [0.25, 0.3) is 22.3 Å². The number of methoxy groups -OCH3 is 2. The summed E-state index contributed by atoms with van der Waals surface area (Å²) in [7, 11) is 2.61. The van der Waals surface area contributed by atoms with E-state index in [-0.39, 0.29) is 45.3 Å². The summed E-state index contributed by atoms with van der Waals surface area (Å²) in [5.41, 5.74) is -0.627. The largest absolute Gasteiger partial charge is 0.508 e. The van der Waals surface area contributed by atoms with Crippen molar-refractivity contribution in [3.05, 3.63) is 40.6 Å². The number of phenols is 2. The summed E-state index contributed by atoms with van der Waals surface area (Å²) >= 11 is 0. The van der Waals surface area contributed by atoms with Crippen LogP contribution in [0.5, 0.6) is 28.7 Å². The zero-order chi connectivity index (χ0) is 25.4. The fourth-order valence-corrected chi connectivity index (χ4v) is 3.81. The molecule has 3 aromatic rings. The number of aliphatic hydroxyl groups excluding tert-OH is 4. The maximum atomic E-state index is 13.6. The van der Waals surface area contributed by atoms with E-state index in [2.05, 4.69) is 0 Å². The zero-order valence-corrected chi connectivity index (χ0v) is 18.6. The average molecular weight is 492 g/mol. The highest BCUT2D eigenvalue weighted by molar-refractivity contribution is 5.88. The van der Waals surface area contributed by atoms with Crippen LogP contribution in [0, 0.1) is 0 Å². The molecule has 1 aromatic heterocycles. The second-order valence-electron chi connectivity index (χ2n) is 7.81. The summed E-state index contributed by atoms with van der Waals surface area (Å²) in [5.74, 6) is -1.06. The van der Waals surface area contributed by atoms with Crippen molar-refractivity contribution in [3.63, 3.8) is 0 Å². The molecule has 0 bridgehead atoms. The van der Waals surface area contributed by atoms with Crippen molar-refractivity contribution >= 4 is 11.0 Å². The van der Waals surface area contributed by atoms with Gasteiger partial charge in [0.15, 0.2) is 17.3 Å². The van der Waals surface area contributed by atoms with Gasteiger partial charge in [0.1, 0.15) is 46.9 Å². The Morgan fingerprint density at radius 2 is 1.66 bits per heavy atom. The first-order chi connectivity index (χ1) is 16.7. The van der Waals surface area contributed by atoms with Crippen molar-refractivity contribution in [2.45, 2.75) is 30.7 Å². The maximum absolute atomic E-state index is 13.6. The predicted octanol–water partition coefficient (Wildman–Crippen LogP) is 0.0671. The van der Waals surface area contributed by atoms with Gasteiger partial charge >= 0.3 is 0 Å². The fourth-order valence-electron chi connectivity index (χ4n) is 3.81. The van der Waals surface area contributed by atoms with E-state index in [1.807, 2.05) is 0 Å². The number of ether oxygens (including phenoxy) is 4. The molecule has 0 unspecified atom stereocenters. The van der Waals surface area contributed by atoms with Crippen LogP contribution in [0.3, 0.4) is 0 Å². The molecule has 35 heavy (non-hydrogen) atoms. The molecule has 1 aliphatic rings. The Morgan fingerprint density at radius 1 is 0.943 bits per heavy atom. The van der Waals surface area contributed by atoms with E-state index in [4.69, 9.17) is 23.4 Å². The standard InChI is InChI=1S/C23H24O12/c1-31-12-5-9(3-4-11(12)26)21-22(35-23-20(30)19(29)17(27)15(8-24)34-23)18(28)16-13(32-2)6-10(25)7-14(16)33-21/h3-7,15,17,19-20,23-27,29-30H,8H2,1-2H3/t15-,17+,19+,20-,23+/m1/s1. The van der Waals surface area contributed by atoms with Gasteiger partial charge in [0, 0.05) is 17.7 Å². The van der Waals surface area contributed by atoms with Gasteiger partial charge in [0.05, 0.1) is 20.8 Å². The average Bonchev–Trinajstić information content (AvgIpc) is 2.85. The van der Waals surface area contributed by atoms with E-state index in [0.717, 1.165) is 0 Å². The summed E-state index contributed by atoms with van der Waals surface area (Å²) in [6.07, 6.45) is -8.15. The highest BCUT2D eigenvalue weighted by Crippen LogP contribution is 2.39. The molecule has 4 rings (SSSR count). The van der Waals surface area contributed by atoms with Gasteiger partial charge in [-0.2, -0.15) is 0 Å². The molecule has 1 saturated heterocycles. The molecule has 0 radical (unpaired) electrons. The molecule has 2 aromatic carbocycles. The first-order valence-electron chi connectivity index (χ1n) is 10.4. The number of phenolic OH excluding ortho intramolecular Hbond substituents is 2. The second-order valence-corrected chi connectivity index (χ2v) is 7.81. The summed E-state index contributed by atoms with van der Waals surface area (Å²) in [5, 5.41) is 59.9. The van der Waals surface area contributed by atoms with Crippen molar-refractivity contribution in [3.8, 4) is 40.1 Å². The lowest BCUT2D eigenvalue weighted by Crippen LogP contribution is -2.60. The van der Waals surface area contributed by atoms with Crippen LogP contribution in [0.1, 0.15) is 0 Å². The summed E-state index contributed by atoms with van der Waals surface area (Å²) in [4.78, 5) is 13.6. The van der Waals surface area contributed by atoms with Crippen LogP contribution in [0.2, 0.25) is 0 Å². The van der Waals surface area contributed by atoms with Crippen LogP contribution in [0.15, 0.2) is 39.5 Å². The summed E-state index contributed by atoms with van der Waals surface area (Å²) in [6.45, 7) is -0.702. The molecule has 188 valence electrons. The number of hydrogen-bond donors (Lipinski definition) is 6. The molecule has 0 saturated carbocycles. The lowest BCUT2D eigenvalue weighted by Gasteiger charge is -2.39. The minimum absolute atomic E-state index is 0.0257. The molecule has 6 N–H and O–H groups in total. The Bertz CT molecular complexity index is 1280. The van der Waals surface area contributed by atoms with Crippen LogP contribution in [-0.4, -0.2) is 82.2 Å². The van der Waals surface area contributed by atoms with Gasteiger partial charge in [0.25, 0.3) is 0 Å². The minimum atomic E-state index is -1.80. The first-order valence-corrected chi connectivity index (χ1v) is 10.4. The SMILES string of the molecule is COc1cc(-c2oc3cc(O)cc(OC)c3c(=O)c2O[C@@H]2O[C@H](CO)[C@H](O)[C@H](O)[C@H]2O)ccc1O. The quantitative estimate of drug-likeness (QED) is 0.272. The van der Waals surface area contributed by atoms with Crippen molar-refractivity contribution in [2.24, 2.45) is 0 Å². The molecule has 0 aliphatic carbocycles. The van der Waals surface area contributed by atoms with E-state index in [0.29, 0.717) is 0 Å². The minimum Gasteiger partial charge on any atom is -0.508 e. The van der Waals surface area contributed by atoms with Gasteiger partial charge in [-0.1, -0.05) is 0 Å². The molecule has 12 nitrogen and oxygen atoms in total. The number of hydrogen-bond acceptors (Lipinski definition) is 12. The molecule has 0 amide bonds. The Balaban J connectivity index is 1.94. The normalized spacial score (nSPS) is 24.3. The third-order valence-corrected chi connectivity index (χ3v) is 5.65. The highest BCUT2D eigenvalue weighted by atomic mass is 16.7. The number of aromatic hydroxyl groups is 2. The van der Waals surface area contributed by atoms with Crippen LogP contribution < -0.4 is 19.6 Å². The molecule has 2 heterocycles. The van der Waals surface area contributed by atoms with Gasteiger partial charge in [-0.3, -0.25) is 4.79 Å². The third-order valence-electron chi connectivity index (χ3n) is 5.65. The number of rotatable bonds is 6. The lowest BCUT2D eigenvalue weighted by atomic mass is 9.99. The van der Waals surface area contributed by atoms with Crippen LogP contribution in [0.4, 0.5) is 0 Å². The molecule has 12 heteroatoms. The first kappa shape index (κ1) is 24.6. The van der Waals surface area contributed by atoms with E-state index in [1.165, 1.54) is 44.6 Å². The second kappa shape index (κ2) is 9.60. The van der Waals surface area contributed by atoms with Gasteiger partial charge in [-0.25, -0.2) is 0 Å². The Labute approximate surface area is 197 Å². The topological polar surface area (TPSA) is 189 Å². The Hall–Kier alpha value is -3.55. The monoisotopic (exact) mass is 492 g/mol. The summed E-state index contributed by atoms with van der Waals surface area (Å²) < 4.78 is 27.3. The number of aliphatic hydroxyl groups is 4. The van der Waals surface area contributed by atoms with Crippen molar-refractivity contribution in [1.29, 1.82) is 0 Å². The molecule has 1 fully saturated rings. The van der Waals surface area contributed by atoms with Crippen LogP contribution in [-0.2, 0) is 4.74 Å².